The van der Waals surface area contributed by atoms with E-state index < -0.39 is 0 Å². The first-order valence-electron chi connectivity index (χ1n) is 8.41. The third-order valence-electron chi connectivity index (χ3n) is 4.25. The molecular weight excluding hydrogens is 304 g/mol. The molecule has 0 saturated carbocycles. The maximum atomic E-state index is 11.9. The zero-order chi connectivity index (χ0) is 17.7. The number of esters is 2. The van der Waals surface area contributed by atoms with Crippen molar-refractivity contribution in [3.05, 3.63) is 36.4 Å². The minimum atomic E-state index is -0.226. The number of benzene rings is 2. The van der Waals surface area contributed by atoms with Crippen LogP contribution in [0.2, 0.25) is 0 Å². The SMILES string of the molecule is CCC(C)C(=O)Oc1ccc2cc(OC(=O)C(C)CC)ccc2c1. The van der Waals surface area contributed by atoms with Crippen LogP contribution in [0.5, 0.6) is 11.5 Å². The number of hydrogen-bond donors (Lipinski definition) is 0. The molecule has 24 heavy (non-hydrogen) atoms. The fourth-order valence-corrected chi connectivity index (χ4v) is 2.10. The molecule has 128 valence electrons. The number of hydrogen-bond acceptors (Lipinski definition) is 4. The van der Waals surface area contributed by atoms with Crippen LogP contribution in [0.4, 0.5) is 0 Å². The van der Waals surface area contributed by atoms with Crippen LogP contribution < -0.4 is 9.47 Å². The van der Waals surface area contributed by atoms with E-state index in [2.05, 4.69) is 0 Å². The van der Waals surface area contributed by atoms with Gasteiger partial charge in [-0.05, 0) is 47.9 Å². The zero-order valence-corrected chi connectivity index (χ0v) is 14.7. The first kappa shape index (κ1) is 18.0. The van der Waals surface area contributed by atoms with E-state index in [0.717, 1.165) is 23.6 Å². The first-order chi connectivity index (χ1) is 11.4. The summed E-state index contributed by atoms with van der Waals surface area (Å²) in [6.45, 7) is 7.60. The van der Waals surface area contributed by atoms with Crippen LogP contribution >= 0.6 is 0 Å². The van der Waals surface area contributed by atoms with Crippen LogP contribution in [0.3, 0.4) is 0 Å². The molecule has 4 heteroatoms. The molecule has 0 aliphatic heterocycles. The number of fused-ring (bicyclic) bond motifs is 1. The fraction of sp³-hybridized carbons (Fsp3) is 0.400. The highest BCUT2D eigenvalue weighted by atomic mass is 16.5. The zero-order valence-electron chi connectivity index (χ0n) is 14.7. The van der Waals surface area contributed by atoms with Crippen molar-refractivity contribution in [3.63, 3.8) is 0 Å². The van der Waals surface area contributed by atoms with Gasteiger partial charge in [-0.3, -0.25) is 9.59 Å². The molecule has 2 unspecified atom stereocenters. The van der Waals surface area contributed by atoms with E-state index in [9.17, 15) is 9.59 Å². The van der Waals surface area contributed by atoms with E-state index in [0.29, 0.717) is 11.5 Å². The Labute approximate surface area is 142 Å². The molecule has 0 N–H and O–H groups in total. The Morgan fingerprint density at radius 2 is 1.17 bits per heavy atom. The summed E-state index contributed by atoms with van der Waals surface area (Å²) in [5.74, 6) is 0.354. The van der Waals surface area contributed by atoms with Crippen molar-refractivity contribution in [2.75, 3.05) is 0 Å². The van der Waals surface area contributed by atoms with Gasteiger partial charge in [-0.15, -0.1) is 0 Å². The van der Waals surface area contributed by atoms with Crippen LogP contribution in [-0.4, -0.2) is 11.9 Å². The highest BCUT2D eigenvalue weighted by Gasteiger charge is 2.14. The van der Waals surface area contributed by atoms with Gasteiger partial charge in [0.2, 0.25) is 0 Å². The number of carbonyl (C=O) groups is 2. The quantitative estimate of drug-likeness (QED) is 0.567. The monoisotopic (exact) mass is 328 g/mol. The molecule has 0 radical (unpaired) electrons. The third kappa shape index (κ3) is 4.34. The normalized spacial score (nSPS) is 13.3. The average Bonchev–Trinajstić information content (AvgIpc) is 2.60. The Morgan fingerprint density at radius 1 is 0.792 bits per heavy atom. The summed E-state index contributed by atoms with van der Waals surface area (Å²) in [6.07, 6.45) is 1.49. The Hall–Kier alpha value is -2.36. The van der Waals surface area contributed by atoms with E-state index in [4.69, 9.17) is 9.47 Å². The minimum absolute atomic E-state index is 0.122. The Bertz CT molecular complexity index is 672. The molecule has 2 rings (SSSR count). The molecule has 0 fully saturated rings. The average molecular weight is 328 g/mol. The topological polar surface area (TPSA) is 52.6 Å². The lowest BCUT2D eigenvalue weighted by molar-refractivity contribution is -0.139. The maximum absolute atomic E-state index is 11.9. The van der Waals surface area contributed by atoms with E-state index in [1.54, 1.807) is 12.1 Å². The van der Waals surface area contributed by atoms with Gasteiger partial charge in [0.05, 0.1) is 11.8 Å². The fourth-order valence-electron chi connectivity index (χ4n) is 2.10. The number of ether oxygens (including phenoxy) is 2. The molecular formula is C20H24O4. The highest BCUT2D eigenvalue weighted by molar-refractivity contribution is 5.87. The summed E-state index contributed by atoms with van der Waals surface area (Å²) < 4.78 is 10.8. The van der Waals surface area contributed by atoms with E-state index in [-0.39, 0.29) is 23.8 Å². The highest BCUT2D eigenvalue weighted by Crippen LogP contribution is 2.26. The number of carbonyl (C=O) groups excluding carboxylic acids is 2. The predicted molar refractivity (Wildman–Crippen MR) is 94.1 cm³/mol. The lowest BCUT2D eigenvalue weighted by Crippen LogP contribution is -2.17. The van der Waals surface area contributed by atoms with E-state index >= 15 is 0 Å². The van der Waals surface area contributed by atoms with Gasteiger partial charge in [0, 0.05) is 0 Å². The van der Waals surface area contributed by atoms with Gasteiger partial charge in [-0.1, -0.05) is 39.8 Å². The second-order valence-electron chi connectivity index (χ2n) is 6.13. The molecule has 0 amide bonds. The Kier molecular flexibility index (Phi) is 5.96. The molecule has 0 saturated heterocycles. The molecule has 0 spiro atoms. The summed E-state index contributed by atoms with van der Waals surface area (Å²) in [4.78, 5) is 23.7. The van der Waals surface area contributed by atoms with Gasteiger partial charge >= 0.3 is 11.9 Å². The standard InChI is InChI=1S/C20H24O4/c1-5-13(3)19(21)23-17-9-7-16-12-18(10-8-15(16)11-17)24-20(22)14(4)6-2/h7-14H,5-6H2,1-4H3. The van der Waals surface area contributed by atoms with Gasteiger partial charge in [0.25, 0.3) is 0 Å². The van der Waals surface area contributed by atoms with Crippen LogP contribution in [0.25, 0.3) is 10.8 Å². The molecule has 0 aliphatic rings. The smallest absolute Gasteiger partial charge is 0.314 e. The largest absolute Gasteiger partial charge is 0.426 e. The van der Waals surface area contributed by atoms with Gasteiger partial charge in [0.15, 0.2) is 0 Å². The Balaban J connectivity index is 2.16. The summed E-state index contributed by atoms with van der Waals surface area (Å²) >= 11 is 0. The van der Waals surface area contributed by atoms with Gasteiger partial charge in [-0.2, -0.15) is 0 Å². The van der Waals surface area contributed by atoms with Crippen molar-refractivity contribution in [1.82, 2.24) is 0 Å². The molecule has 2 aromatic carbocycles. The minimum Gasteiger partial charge on any atom is -0.426 e. The summed E-state index contributed by atoms with van der Waals surface area (Å²) in [5.41, 5.74) is 0. The molecule has 0 aromatic heterocycles. The van der Waals surface area contributed by atoms with Crippen LogP contribution in [-0.2, 0) is 9.59 Å². The number of rotatable bonds is 6. The van der Waals surface area contributed by atoms with Gasteiger partial charge in [0.1, 0.15) is 11.5 Å². The maximum Gasteiger partial charge on any atom is 0.314 e. The second-order valence-corrected chi connectivity index (χ2v) is 6.13. The molecule has 2 aromatic rings. The van der Waals surface area contributed by atoms with Gasteiger partial charge in [-0.25, -0.2) is 0 Å². The van der Waals surface area contributed by atoms with Crippen LogP contribution in [0, 0.1) is 11.8 Å². The van der Waals surface area contributed by atoms with Gasteiger partial charge < -0.3 is 9.47 Å². The third-order valence-corrected chi connectivity index (χ3v) is 4.25. The lowest BCUT2D eigenvalue weighted by atomic mass is 10.1. The Morgan fingerprint density at radius 3 is 1.50 bits per heavy atom. The van der Waals surface area contributed by atoms with Crippen molar-refractivity contribution in [1.29, 1.82) is 0 Å². The van der Waals surface area contributed by atoms with Crippen molar-refractivity contribution in [2.24, 2.45) is 11.8 Å². The van der Waals surface area contributed by atoms with Crippen molar-refractivity contribution in [3.8, 4) is 11.5 Å². The summed E-state index contributed by atoms with van der Waals surface area (Å²) in [7, 11) is 0. The second kappa shape index (κ2) is 7.95. The van der Waals surface area contributed by atoms with Crippen LogP contribution in [0.15, 0.2) is 36.4 Å². The first-order valence-corrected chi connectivity index (χ1v) is 8.41. The molecule has 0 aliphatic carbocycles. The van der Waals surface area contributed by atoms with Crippen molar-refractivity contribution in [2.45, 2.75) is 40.5 Å². The summed E-state index contributed by atoms with van der Waals surface area (Å²) in [6, 6.07) is 10.8. The summed E-state index contributed by atoms with van der Waals surface area (Å²) in [5, 5.41) is 1.85. The van der Waals surface area contributed by atoms with Crippen molar-refractivity contribution < 1.29 is 19.1 Å². The molecule has 2 atom stereocenters. The molecule has 0 heterocycles. The molecule has 0 bridgehead atoms. The lowest BCUT2D eigenvalue weighted by Gasteiger charge is -2.11. The molecule has 4 nitrogen and oxygen atoms in total. The van der Waals surface area contributed by atoms with Crippen LogP contribution in [0.1, 0.15) is 40.5 Å². The van der Waals surface area contributed by atoms with E-state index in [1.165, 1.54) is 0 Å². The predicted octanol–water partition coefficient (Wildman–Crippen LogP) is 4.74. The van der Waals surface area contributed by atoms with Crippen molar-refractivity contribution >= 4 is 22.7 Å². The van der Waals surface area contributed by atoms with E-state index in [1.807, 2.05) is 52.0 Å².